The Kier molecular flexibility index (Phi) is 3.31. The van der Waals surface area contributed by atoms with Gasteiger partial charge >= 0.3 is 0 Å². The Labute approximate surface area is 117 Å². The van der Waals surface area contributed by atoms with Crippen LogP contribution in [0.25, 0.3) is 21.6 Å². The smallest absolute Gasteiger partial charge is 0.220 e. The summed E-state index contributed by atoms with van der Waals surface area (Å²) in [6.45, 7) is -0.286. The minimum absolute atomic E-state index is 0.0819. The molecule has 11 heteroatoms. The van der Waals surface area contributed by atoms with E-state index in [-0.39, 0.29) is 24.8 Å². The van der Waals surface area contributed by atoms with Gasteiger partial charge in [0.05, 0.1) is 19.0 Å². The van der Waals surface area contributed by atoms with Gasteiger partial charge in [-0.15, -0.1) is 0 Å². The van der Waals surface area contributed by atoms with Gasteiger partial charge in [0.25, 0.3) is 0 Å². The molecule has 0 saturated carbocycles. The van der Waals surface area contributed by atoms with Gasteiger partial charge in [-0.25, -0.2) is 15.0 Å². The summed E-state index contributed by atoms with van der Waals surface area (Å²) in [5, 5.41) is 22.2. The van der Waals surface area contributed by atoms with Crippen molar-refractivity contribution < 1.29 is 14.9 Å². The summed E-state index contributed by atoms with van der Waals surface area (Å²) >= 11 is 0. The fourth-order valence-corrected chi connectivity index (χ4v) is 2.27. The molecule has 0 aromatic carbocycles. The number of aliphatic hydroxyl groups excluding tert-OH is 2. The van der Waals surface area contributed by atoms with Gasteiger partial charge in [-0.05, 0) is 10.6 Å². The number of aliphatic hydroxyl groups is 2. The van der Waals surface area contributed by atoms with Crippen LogP contribution in [-0.4, -0.2) is 48.5 Å². The molecule has 2 aromatic rings. The number of aromatic nitrogens is 4. The first-order valence-electron chi connectivity index (χ1n) is 6.13. The zero-order valence-electron chi connectivity index (χ0n) is 10.7. The van der Waals surface area contributed by atoms with Gasteiger partial charge in [0, 0.05) is 11.3 Å². The summed E-state index contributed by atoms with van der Waals surface area (Å²) in [5.41, 5.74) is 14.9. The molecule has 21 heavy (non-hydrogen) atoms. The van der Waals surface area contributed by atoms with Crippen molar-refractivity contribution in [1.29, 1.82) is 0 Å². The number of anilines is 1. The van der Waals surface area contributed by atoms with Crippen LogP contribution in [0.4, 0.5) is 11.8 Å². The quantitative estimate of drug-likeness (QED) is 0.406. The molecule has 11 nitrogen and oxygen atoms in total. The molecule has 1 aliphatic rings. The van der Waals surface area contributed by atoms with Gasteiger partial charge in [-0.1, -0.05) is 0 Å². The number of hydrogen-bond acceptors (Lipinski definition) is 8. The second-order valence-corrected chi connectivity index (χ2v) is 4.54. The zero-order chi connectivity index (χ0) is 15.0. The second kappa shape index (κ2) is 5.14. The Bertz CT molecular complexity index is 724. The molecule has 2 aromatic heterocycles. The van der Waals surface area contributed by atoms with E-state index >= 15 is 0 Å². The number of ether oxygens (including phenoxy) is 1. The number of nitrogens with zero attached hydrogens (tertiary/aromatic N) is 7. The minimum Gasteiger partial charge on any atom is -0.394 e. The summed E-state index contributed by atoms with van der Waals surface area (Å²) in [6.07, 6.45) is -0.267. The van der Waals surface area contributed by atoms with Gasteiger partial charge in [-0.3, -0.25) is 4.57 Å². The lowest BCUT2D eigenvalue weighted by Gasteiger charge is -2.13. The van der Waals surface area contributed by atoms with Crippen molar-refractivity contribution in [2.24, 2.45) is 5.11 Å². The van der Waals surface area contributed by atoms with Gasteiger partial charge in [0.15, 0.2) is 11.5 Å². The van der Waals surface area contributed by atoms with Gasteiger partial charge in [0.2, 0.25) is 5.95 Å². The highest BCUT2D eigenvalue weighted by molar-refractivity contribution is 5.82. The van der Waals surface area contributed by atoms with Gasteiger partial charge in [-0.2, -0.15) is 0 Å². The Morgan fingerprint density at radius 2 is 2.38 bits per heavy atom. The highest BCUT2D eigenvalue weighted by atomic mass is 16.5. The lowest BCUT2D eigenvalue weighted by molar-refractivity contribution is -0.0432. The molecule has 3 atom stereocenters. The fraction of sp³-hybridized carbons (Fsp3) is 0.500. The molecule has 0 radical (unpaired) electrons. The average molecular weight is 292 g/mol. The van der Waals surface area contributed by atoms with Gasteiger partial charge < -0.3 is 20.7 Å². The van der Waals surface area contributed by atoms with E-state index in [1.165, 1.54) is 6.33 Å². The van der Waals surface area contributed by atoms with E-state index in [4.69, 9.17) is 21.1 Å². The Morgan fingerprint density at radius 1 is 1.57 bits per heavy atom. The van der Waals surface area contributed by atoms with Crippen LogP contribution in [0.3, 0.4) is 0 Å². The van der Waals surface area contributed by atoms with Crippen LogP contribution in [-0.2, 0) is 4.74 Å². The molecule has 3 rings (SSSR count). The average Bonchev–Trinajstić information content (AvgIpc) is 3.02. The third-order valence-electron chi connectivity index (χ3n) is 3.27. The predicted octanol–water partition coefficient (Wildman–Crippen LogP) is -0.00900. The fourth-order valence-electron chi connectivity index (χ4n) is 2.27. The van der Waals surface area contributed by atoms with E-state index in [1.54, 1.807) is 4.57 Å². The lowest BCUT2D eigenvalue weighted by Crippen LogP contribution is -2.24. The molecular weight excluding hydrogens is 280 g/mol. The van der Waals surface area contributed by atoms with E-state index in [9.17, 15) is 5.11 Å². The maximum absolute atomic E-state index is 9.78. The number of hydrogen-bond donors (Lipinski definition) is 3. The van der Waals surface area contributed by atoms with E-state index < -0.39 is 18.4 Å². The number of imidazole rings is 1. The van der Waals surface area contributed by atoms with Crippen molar-refractivity contribution in [3.63, 3.8) is 0 Å². The Balaban J connectivity index is 2.05. The maximum Gasteiger partial charge on any atom is 0.220 e. The summed E-state index contributed by atoms with van der Waals surface area (Å²) < 4.78 is 7.09. The largest absolute Gasteiger partial charge is 0.394 e. The number of fused-ring (bicyclic) bond motifs is 1. The topological polar surface area (TPSA) is 168 Å². The Morgan fingerprint density at radius 3 is 3.05 bits per heavy atom. The third-order valence-corrected chi connectivity index (χ3v) is 3.27. The van der Waals surface area contributed by atoms with Gasteiger partial charge in [0.1, 0.15) is 17.8 Å². The standard InChI is InChI=1S/C10H12N8O3/c11-8-7-9(15-10(14-8)16-17-12)18(3-13-7)6-1-4(20)5(2-19)21-6/h3-6,19-20H,1-2H2,(H2,11,14,15). The molecule has 4 N–H and O–H groups in total. The van der Waals surface area contributed by atoms with Crippen molar-refractivity contribution in [2.75, 3.05) is 12.3 Å². The summed E-state index contributed by atoms with van der Waals surface area (Å²) in [4.78, 5) is 14.6. The van der Waals surface area contributed by atoms with Crippen molar-refractivity contribution in [2.45, 2.75) is 24.9 Å². The van der Waals surface area contributed by atoms with E-state index in [0.717, 1.165) is 0 Å². The summed E-state index contributed by atoms with van der Waals surface area (Å²) in [5.74, 6) is -0.0418. The van der Waals surface area contributed by atoms with Crippen LogP contribution in [0.2, 0.25) is 0 Å². The molecule has 3 heterocycles. The Hall–Kier alpha value is -2.46. The zero-order valence-corrected chi connectivity index (χ0v) is 10.7. The van der Waals surface area contributed by atoms with Crippen LogP contribution in [0.1, 0.15) is 12.6 Å². The summed E-state index contributed by atoms with van der Waals surface area (Å²) in [7, 11) is 0. The van der Waals surface area contributed by atoms with E-state index in [1.807, 2.05) is 0 Å². The molecule has 0 amide bonds. The summed E-state index contributed by atoms with van der Waals surface area (Å²) in [6, 6.07) is 0. The highest BCUT2D eigenvalue weighted by Crippen LogP contribution is 2.31. The van der Waals surface area contributed by atoms with Crippen LogP contribution in [0.5, 0.6) is 0 Å². The molecule has 3 unspecified atom stereocenters. The van der Waals surface area contributed by atoms with Crippen LogP contribution >= 0.6 is 0 Å². The molecule has 1 saturated heterocycles. The van der Waals surface area contributed by atoms with Crippen LogP contribution in [0, 0.1) is 0 Å². The molecule has 1 aliphatic heterocycles. The van der Waals surface area contributed by atoms with Crippen molar-refractivity contribution in [3.05, 3.63) is 16.8 Å². The first-order chi connectivity index (χ1) is 10.1. The van der Waals surface area contributed by atoms with Crippen molar-refractivity contribution in [1.82, 2.24) is 19.5 Å². The van der Waals surface area contributed by atoms with Crippen LogP contribution in [0.15, 0.2) is 11.4 Å². The maximum atomic E-state index is 9.78. The molecule has 110 valence electrons. The number of azide groups is 1. The first-order valence-corrected chi connectivity index (χ1v) is 6.13. The molecule has 0 bridgehead atoms. The molecule has 0 spiro atoms. The predicted molar refractivity (Wildman–Crippen MR) is 70.2 cm³/mol. The normalized spacial score (nSPS) is 25.1. The van der Waals surface area contributed by atoms with E-state index in [0.29, 0.717) is 11.2 Å². The molecule has 0 aliphatic carbocycles. The number of rotatable bonds is 3. The van der Waals surface area contributed by atoms with Crippen molar-refractivity contribution in [3.8, 4) is 0 Å². The first kappa shape index (κ1) is 13.5. The SMILES string of the molecule is [N-]=[N+]=Nc1nc(N)c2ncn(C3CC(O)C(CO)O3)c2n1. The van der Waals surface area contributed by atoms with Crippen LogP contribution < -0.4 is 5.73 Å². The van der Waals surface area contributed by atoms with Crippen molar-refractivity contribution >= 4 is 22.9 Å². The monoisotopic (exact) mass is 292 g/mol. The highest BCUT2D eigenvalue weighted by Gasteiger charge is 2.35. The molecular formula is C10H12N8O3. The second-order valence-electron chi connectivity index (χ2n) is 4.54. The minimum atomic E-state index is -0.784. The molecule has 1 fully saturated rings. The number of nitrogen functional groups attached to an aromatic ring is 1. The van der Waals surface area contributed by atoms with E-state index in [2.05, 4.69) is 25.0 Å². The number of nitrogens with two attached hydrogens (primary N) is 1. The third kappa shape index (κ3) is 2.23. The lowest BCUT2D eigenvalue weighted by atomic mass is 10.2.